The Hall–Kier alpha value is -2.98. The smallest absolute Gasteiger partial charge is 0.123 e. The molecule has 1 saturated heterocycles. The standard InChI is InChI=1S/C29H35NO3/c1-21(32-25-13-7-5-8-14-25)24-18-27(22(2)33-26-15-9-6-10-16-26)29(28(19-24)31-4)23-12-11-17-30(3)20-23/h5-10,13-16,18-19,21-23H,11-12,17,20H2,1-4H3. The van der Waals surface area contributed by atoms with Crippen LogP contribution in [0.15, 0.2) is 72.8 Å². The first-order chi connectivity index (χ1) is 16.0. The lowest BCUT2D eigenvalue weighted by Crippen LogP contribution is -2.31. The highest BCUT2D eigenvalue weighted by Crippen LogP contribution is 2.41. The normalized spacial score (nSPS) is 18.4. The summed E-state index contributed by atoms with van der Waals surface area (Å²) in [5.41, 5.74) is 3.53. The predicted molar refractivity (Wildman–Crippen MR) is 133 cm³/mol. The van der Waals surface area contributed by atoms with Gasteiger partial charge in [-0.25, -0.2) is 0 Å². The van der Waals surface area contributed by atoms with E-state index in [0.717, 1.165) is 42.3 Å². The van der Waals surface area contributed by atoms with E-state index in [9.17, 15) is 0 Å². The second-order valence-electron chi connectivity index (χ2n) is 8.97. The van der Waals surface area contributed by atoms with Crippen molar-refractivity contribution in [2.45, 2.75) is 44.8 Å². The Kier molecular flexibility index (Phi) is 7.56. The number of hydrogen-bond acceptors (Lipinski definition) is 4. The Labute approximate surface area is 198 Å². The molecule has 0 bridgehead atoms. The van der Waals surface area contributed by atoms with Crippen molar-refractivity contribution in [1.29, 1.82) is 0 Å². The van der Waals surface area contributed by atoms with E-state index < -0.39 is 0 Å². The lowest BCUT2D eigenvalue weighted by Gasteiger charge is -2.33. The molecule has 174 valence electrons. The average molecular weight is 446 g/mol. The van der Waals surface area contributed by atoms with Gasteiger partial charge in [-0.15, -0.1) is 0 Å². The molecule has 3 aromatic rings. The molecule has 4 rings (SSSR count). The van der Waals surface area contributed by atoms with Crippen LogP contribution < -0.4 is 14.2 Å². The third-order valence-electron chi connectivity index (χ3n) is 6.47. The monoisotopic (exact) mass is 445 g/mol. The quantitative estimate of drug-likeness (QED) is 0.382. The van der Waals surface area contributed by atoms with Crippen LogP contribution in [-0.4, -0.2) is 32.1 Å². The predicted octanol–water partition coefficient (Wildman–Crippen LogP) is 6.78. The molecular formula is C29H35NO3. The Balaban J connectivity index is 1.72. The summed E-state index contributed by atoms with van der Waals surface area (Å²) >= 11 is 0. The maximum Gasteiger partial charge on any atom is 0.123 e. The fourth-order valence-electron chi connectivity index (χ4n) is 4.79. The molecule has 1 fully saturated rings. The molecule has 3 aromatic carbocycles. The van der Waals surface area contributed by atoms with E-state index in [1.54, 1.807) is 7.11 Å². The molecule has 0 aromatic heterocycles. The van der Waals surface area contributed by atoms with E-state index in [0.29, 0.717) is 5.92 Å². The van der Waals surface area contributed by atoms with Crippen molar-refractivity contribution in [3.05, 3.63) is 89.5 Å². The van der Waals surface area contributed by atoms with Gasteiger partial charge in [0.25, 0.3) is 0 Å². The maximum absolute atomic E-state index is 6.40. The fourth-order valence-corrected chi connectivity index (χ4v) is 4.79. The van der Waals surface area contributed by atoms with Gasteiger partial charge in [-0.1, -0.05) is 36.4 Å². The summed E-state index contributed by atoms with van der Waals surface area (Å²) in [6.45, 7) is 6.38. The first-order valence-corrected chi connectivity index (χ1v) is 11.9. The zero-order valence-corrected chi connectivity index (χ0v) is 20.2. The molecular weight excluding hydrogens is 410 g/mol. The molecule has 3 atom stereocenters. The zero-order chi connectivity index (χ0) is 23.2. The minimum absolute atomic E-state index is 0.118. The fraction of sp³-hybridized carbons (Fsp3) is 0.379. The van der Waals surface area contributed by atoms with Gasteiger partial charge in [0, 0.05) is 18.0 Å². The van der Waals surface area contributed by atoms with Crippen LogP contribution in [0.25, 0.3) is 0 Å². The van der Waals surface area contributed by atoms with Crippen LogP contribution in [-0.2, 0) is 0 Å². The number of ether oxygens (including phenoxy) is 3. The first kappa shape index (κ1) is 23.2. The van der Waals surface area contributed by atoms with Crippen molar-refractivity contribution < 1.29 is 14.2 Å². The minimum Gasteiger partial charge on any atom is -0.496 e. The molecule has 0 radical (unpaired) electrons. The van der Waals surface area contributed by atoms with Gasteiger partial charge < -0.3 is 19.1 Å². The largest absolute Gasteiger partial charge is 0.496 e. The van der Waals surface area contributed by atoms with Gasteiger partial charge in [0.2, 0.25) is 0 Å². The summed E-state index contributed by atoms with van der Waals surface area (Å²) in [5, 5.41) is 0. The number of methoxy groups -OCH3 is 1. The molecule has 1 aliphatic rings. The molecule has 4 heteroatoms. The number of benzene rings is 3. The summed E-state index contributed by atoms with van der Waals surface area (Å²) in [7, 11) is 3.97. The van der Waals surface area contributed by atoms with Crippen molar-refractivity contribution in [2.24, 2.45) is 0 Å². The van der Waals surface area contributed by atoms with Gasteiger partial charge in [0.05, 0.1) is 7.11 Å². The van der Waals surface area contributed by atoms with Crippen molar-refractivity contribution in [2.75, 3.05) is 27.2 Å². The lowest BCUT2D eigenvalue weighted by molar-refractivity contribution is 0.212. The molecule has 4 nitrogen and oxygen atoms in total. The summed E-state index contributed by atoms with van der Waals surface area (Å²) in [6.07, 6.45) is 2.10. The zero-order valence-electron chi connectivity index (χ0n) is 20.2. The van der Waals surface area contributed by atoms with Gasteiger partial charge in [-0.2, -0.15) is 0 Å². The van der Waals surface area contributed by atoms with Crippen LogP contribution in [0.1, 0.15) is 61.5 Å². The molecule has 33 heavy (non-hydrogen) atoms. The molecule has 0 amide bonds. The van der Waals surface area contributed by atoms with Crippen LogP contribution in [0.3, 0.4) is 0 Å². The highest BCUT2D eigenvalue weighted by Gasteiger charge is 2.28. The minimum atomic E-state index is -0.118. The first-order valence-electron chi connectivity index (χ1n) is 11.9. The van der Waals surface area contributed by atoms with Gasteiger partial charge in [0.15, 0.2) is 0 Å². The van der Waals surface area contributed by atoms with E-state index in [1.807, 2.05) is 60.7 Å². The average Bonchev–Trinajstić information content (AvgIpc) is 2.84. The summed E-state index contributed by atoms with van der Waals surface area (Å²) in [6, 6.07) is 24.4. The molecule has 0 spiro atoms. The van der Waals surface area contributed by atoms with Gasteiger partial charge >= 0.3 is 0 Å². The maximum atomic E-state index is 6.40. The van der Waals surface area contributed by atoms with E-state index in [1.165, 1.54) is 17.5 Å². The second-order valence-corrected chi connectivity index (χ2v) is 8.97. The van der Waals surface area contributed by atoms with Crippen molar-refractivity contribution in [1.82, 2.24) is 4.90 Å². The Bertz CT molecular complexity index is 1020. The van der Waals surface area contributed by atoms with E-state index in [-0.39, 0.29) is 12.2 Å². The SMILES string of the molecule is COc1cc(C(C)Oc2ccccc2)cc(C(C)Oc2ccccc2)c1C1CCCN(C)C1. The van der Waals surface area contributed by atoms with E-state index in [2.05, 4.69) is 37.9 Å². The van der Waals surface area contributed by atoms with Crippen molar-refractivity contribution >= 4 is 0 Å². The molecule has 0 aliphatic carbocycles. The number of hydrogen-bond donors (Lipinski definition) is 0. The number of piperidine rings is 1. The summed E-state index contributed by atoms with van der Waals surface area (Å²) < 4.78 is 18.6. The highest BCUT2D eigenvalue weighted by molar-refractivity contribution is 5.48. The highest BCUT2D eigenvalue weighted by atomic mass is 16.5. The second kappa shape index (κ2) is 10.8. The number of nitrogens with zero attached hydrogens (tertiary/aromatic N) is 1. The van der Waals surface area contributed by atoms with Gasteiger partial charge in [-0.3, -0.25) is 0 Å². The Morgan fingerprint density at radius 2 is 1.45 bits per heavy atom. The molecule has 1 heterocycles. The van der Waals surface area contributed by atoms with Crippen molar-refractivity contribution in [3.63, 3.8) is 0 Å². The van der Waals surface area contributed by atoms with E-state index >= 15 is 0 Å². The molecule has 0 saturated carbocycles. The summed E-state index contributed by atoms with van der Waals surface area (Å²) in [5.74, 6) is 3.07. The number of likely N-dealkylation sites (tertiary alicyclic amines) is 1. The van der Waals surface area contributed by atoms with Crippen LogP contribution >= 0.6 is 0 Å². The Morgan fingerprint density at radius 3 is 2.03 bits per heavy atom. The van der Waals surface area contributed by atoms with Gasteiger partial charge in [-0.05, 0) is 87.8 Å². The number of likely N-dealkylation sites (N-methyl/N-ethyl adjacent to an activating group) is 1. The molecule has 3 unspecified atom stereocenters. The molecule has 1 aliphatic heterocycles. The number of para-hydroxylation sites is 2. The van der Waals surface area contributed by atoms with Crippen LogP contribution in [0.2, 0.25) is 0 Å². The molecule has 0 N–H and O–H groups in total. The topological polar surface area (TPSA) is 30.9 Å². The Morgan fingerprint density at radius 1 is 0.848 bits per heavy atom. The number of rotatable bonds is 8. The van der Waals surface area contributed by atoms with E-state index in [4.69, 9.17) is 14.2 Å². The third-order valence-corrected chi connectivity index (χ3v) is 6.47. The lowest BCUT2D eigenvalue weighted by atomic mass is 9.84. The third kappa shape index (κ3) is 5.69. The van der Waals surface area contributed by atoms with Crippen molar-refractivity contribution in [3.8, 4) is 17.2 Å². The van der Waals surface area contributed by atoms with Crippen LogP contribution in [0.4, 0.5) is 0 Å². The van der Waals surface area contributed by atoms with Crippen LogP contribution in [0, 0.1) is 0 Å². The summed E-state index contributed by atoms with van der Waals surface area (Å²) in [4.78, 5) is 2.41. The van der Waals surface area contributed by atoms with Crippen LogP contribution in [0.5, 0.6) is 17.2 Å². The van der Waals surface area contributed by atoms with Gasteiger partial charge in [0.1, 0.15) is 29.5 Å².